The normalized spacial score (nSPS) is 17.0. The van der Waals surface area contributed by atoms with Gasteiger partial charge in [-0.1, -0.05) is 6.92 Å². The first-order valence-corrected chi connectivity index (χ1v) is 9.51. The van der Waals surface area contributed by atoms with Crippen LogP contribution in [0.25, 0.3) is 0 Å². The Kier molecular flexibility index (Phi) is 6.21. The zero-order valence-electron chi connectivity index (χ0n) is 16.0. The topological polar surface area (TPSA) is 82.2 Å². The van der Waals surface area contributed by atoms with Crippen molar-refractivity contribution in [3.8, 4) is 0 Å². The average molecular weight is 369 g/mol. The van der Waals surface area contributed by atoms with Crippen molar-refractivity contribution in [1.82, 2.24) is 24.8 Å². The van der Waals surface area contributed by atoms with Crippen molar-refractivity contribution in [2.75, 3.05) is 26.7 Å². The van der Waals surface area contributed by atoms with Gasteiger partial charge in [-0.3, -0.25) is 9.59 Å². The van der Waals surface area contributed by atoms with Gasteiger partial charge in [-0.2, -0.15) is 0 Å². The van der Waals surface area contributed by atoms with Gasteiger partial charge in [-0.15, -0.1) is 0 Å². The van der Waals surface area contributed by atoms with Crippen molar-refractivity contribution in [1.29, 1.82) is 0 Å². The number of rotatable bonds is 6. The summed E-state index contributed by atoms with van der Waals surface area (Å²) in [6, 6.07) is 0. The van der Waals surface area contributed by atoms with Crippen molar-refractivity contribution in [3.63, 3.8) is 0 Å². The molecular formula is C20H27N5O2. The van der Waals surface area contributed by atoms with Crippen molar-refractivity contribution in [3.05, 3.63) is 47.8 Å². The number of aryl methyl sites for hydroxylation is 1. The number of hydrogen-bond donors (Lipinski definition) is 1. The van der Waals surface area contributed by atoms with Crippen LogP contribution >= 0.6 is 0 Å². The second kappa shape index (κ2) is 8.79. The molecule has 2 amide bonds. The highest BCUT2D eigenvalue weighted by Gasteiger charge is 2.26. The average Bonchev–Trinajstić information content (AvgIpc) is 3.17. The molecular weight excluding hydrogens is 342 g/mol. The Balaban J connectivity index is 1.56. The highest BCUT2D eigenvalue weighted by Crippen LogP contribution is 2.20. The number of aromatic nitrogens is 3. The number of aromatic amines is 1. The molecule has 0 radical (unpaired) electrons. The van der Waals surface area contributed by atoms with Gasteiger partial charge in [-0.05, 0) is 36.3 Å². The van der Waals surface area contributed by atoms with E-state index in [2.05, 4.69) is 15.0 Å². The molecule has 7 heteroatoms. The first-order chi connectivity index (χ1) is 13.1. The summed E-state index contributed by atoms with van der Waals surface area (Å²) in [5.41, 5.74) is 2.61. The summed E-state index contributed by atoms with van der Waals surface area (Å²) in [6.07, 6.45) is 11.6. The molecule has 1 saturated heterocycles. The Hall–Kier alpha value is -2.70. The van der Waals surface area contributed by atoms with Gasteiger partial charge >= 0.3 is 0 Å². The zero-order valence-corrected chi connectivity index (χ0v) is 16.0. The Labute approximate surface area is 159 Å². The molecule has 1 fully saturated rings. The number of carbonyl (C=O) groups is 2. The second-order valence-corrected chi connectivity index (χ2v) is 7.20. The number of hydrogen-bond acceptors (Lipinski definition) is 4. The maximum Gasteiger partial charge on any atom is 0.255 e. The van der Waals surface area contributed by atoms with Gasteiger partial charge in [0.1, 0.15) is 6.33 Å². The van der Waals surface area contributed by atoms with Gasteiger partial charge in [0.05, 0.1) is 12.0 Å². The van der Waals surface area contributed by atoms with Crippen LogP contribution in [-0.4, -0.2) is 63.2 Å². The lowest BCUT2D eigenvalue weighted by Crippen LogP contribution is -2.44. The van der Waals surface area contributed by atoms with Crippen LogP contribution in [0, 0.1) is 5.92 Å². The summed E-state index contributed by atoms with van der Waals surface area (Å²) in [7, 11) is 1.84. The van der Waals surface area contributed by atoms with E-state index in [1.165, 1.54) is 6.33 Å². The number of carbonyl (C=O) groups excluding carboxylic acids is 2. The van der Waals surface area contributed by atoms with Crippen LogP contribution in [0.1, 0.15) is 41.3 Å². The van der Waals surface area contributed by atoms with E-state index in [0.29, 0.717) is 25.4 Å². The molecule has 0 bridgehead atoms. The quantitative estimate of drug-likeness (QED) is 0.843. The highest BCUT2D eigenvalue weighted by molar-refractivity contribution is 5.95. The highest BCUT2D eigenvalue weighted by atomic mass is 16.2. The number of likely N-dealkylation sites (tertiary alicyclic amines) is 1. The van der Waals surface area contributed by atoms with Crippen LogP contribution in [-0.2, 0) is 17.6 Å². The summed E-state index contributed by atoms with van der Waals surface area (Å²) < 4.78 is 0. The van der Waals surface area contributed by atoms with Crippen LogP contribution in [0.15, 0.2) is 31.1 Å². The van der Waals surface area contributed by atoms with Gasteiger partial charge in [0, 0.05) is 51.5 Å². The molecule has 7 nitrogen and oxygen atoms in total. The van der Waals surface area contributed by atoms with Crippen LogP contribution in [0.4, 0.5) is 0 Å². The molecule has 2 aromatic rings. The number of H-pyrrole nitrogens is 1. The third-order valence-corrected chi connectivity index (χ3v) is 5.16. The van der Waals surface area contributed by atoms with Crippen molar-refractivity contribution in [2.24, 2.45) is 5.92 Å². The Bertz CT molecular complexity index is 774. The summed E-state index contributed by atoms with van der Waals surface area (Å²) in [5.74, 6) is 0.438. The smallest absolute Gasteiger partial charge is 0.255 e. The first kappa shape index (κ1) is 19.1. The van der Waals surface area contributed by atoms with Crippen molar-refractivity contribution in [2.45, 2.75) is 32.6 Å². The minimum absolute atomic E-state index is 0.0398. The van der Waals surface area contributed by atoms with E-state index in [0.717, 1.165) is 42.5 Å². The molecule has 1 aliphatic rings. The molecule has 144 valence electrons. The lowest BCUT2D eigenvalue weighted by molar-refractivity contribution is -0.132. The number of nitrogens with zero attached hydrogens (tertiary/aromatic N) is 4. The van der Waals surface area contributed by atoms with Gasteiger partial charge < -0.3 is 14.8 Å². The fraction of sp³-hybridized carbons (Fsp3) is 0.500. The monoisotopic (exact) mass is 369 g/mol. The summed E-state index contributed by atoms with van der Waals surface area (Å²) in [6.45, 7) is 4.17. The molecule has 1 aliphatic heterocycles. The fourth-order valence-corrected chi connectivity index (χ4v) is 3.71. The summed E-state index contributed by atoms with van der Waals surface area (Å²) in [4.78, 5) is 40.0. The Morgan fingerprint density at radius 2 is 2.07 bits per heavy atom. The van der Waals surface area contributed by atoms with E-state index in [9.17, 15) is 9.59 Å². The number of nitrogens with one attached hydrogen (secondary N) is 1. The third kappa shape index (κ3) is 4.72. The summed E-state index contributed by atoms with van der Waals surface area (Å²) >= 11 is 0. The lowest BCUT2D eigenvalue weighted by atomic mass is 9.96. The predicted octanol–water partition coefficient (Wildman–Crippen LogP) is 1.92. The Morgan fingerprint density at radius 1 is 1.30 bits per heavy atom. The molecule has 0 aliphatic carbocycles. The molecule has 3 heterocycles. The van der Waals surface area contributed by atoms with Crippen LogP contribution in [0.2, 0.25) is 0 Å². The molecule has 3 rings (SSSR count). The second-order valence-electron chi connectivity index (χ2n) is 7.20. The minimum atomic E-state index is 0.0398. The molecule has 1 atom stereocenters. The fourth-order valence-electron chi connectivity index (χ4n) is 3.71. The largest absolute Gasteiger partial charge is 0.367 e. The van der Waals surface area contributed by atoms with E-state index in [-0.39, 0.29) is 11.8 Å². The van der Waals surface area contributed by atoms with E-state index in [1.54, 1.807) is 23.5 Å². The third-order valence-electron chi connectivity index (χ3n) is 5.16. The standard InChI is InChI=1S/C20H27N5O2/c1-3-17-10-21-11-18(17)20(27)24(2)12-15-5-4-6-25(13-15)19(26)7-16-8-22-14-23-9-16/h8-11,14-15,21H,3-7,12-13H2,1-2H3. The van der Waals surface area contributed by atoms with Crippen LogP contribution < -0.4 is 0 Å². The van der Waals surface area contributed by atoms with E-state index < -0.39 is 0 Å². The SMILES string of the molecule is CCc1c[nH]cc1C(=O)N(C)CC1CCCN(C(=O)Cc2cncnc2)C1. The minimum Gasteiger partial charge on any atom is -0.367 e. The molecule has 0 spiro atoms. The van der Waals surface area contributed by atoms with E-state index >= 15 is 0 Å². The summed E-state index contributed by atoms with van der Waals surface area (Å²) in [5, 5.41) is 0. The molecule has 27 heavy (non-hydrogen) atoms. The lowest BCUT2D eigenvalue weighted by Gasteiger charge is -2.35. The van der Waals surface area contributed by atoms with Gasteiger partial charge in [0.25, 0.3) is 5.91 Å². The van der Waals surface area contributed by atoms with Crippen LogP contribution in [0.3, 0.4) is 0 Å². The number of piperidine rings is 1. The van der Waals surface area contributed by atoms with E-state index in [4.69, 9.17) is 0 Å². The predicted molar refractivity (Wildman–Crippen MR) is 102 cm³/mol. The maximum atomic E-state index is 12.7. The first-order valence-electron chi connectivity index (χ1n) is 9.51. The van der Waals surface area contributed by atoms with Crippen LogP contribution in [0.5, 0.6) is 0 Å². The van der Waals surface area contributed by atoms with E-state index in [1.807, 2.05) is 25.1 Å². The molecule has 2 aromatic heterocycles. The van der Waals surface area contributed by atoms with Gasteiger partial charge in [0.15, 0.2) is 0 Å². The van der Waals surface area contributed by atoms with Gasteiger partial charge in [-0.25, -0.2) is 9.97 Å². The molecule has 1 unspecified atom stereocenters. The van der Waals surface area contributed by atoms with Crippen molar-refractivity contribution >= 4 is 11.8 Å². The van der Waals surface area contributed by atoms with Gasteiger partial charge in [0.2, 0.25) is 5.91 Å². The zero-order chi connectivity index (χ0) is 19.2. The molecule has 0 aromatic carbocycles. The molecule has 1 N–H and O–H groups in total. The molecule has 0 saturated carbocycles. The Morgan fingerprint density at radius 3 is 2.81 bits per heavy atom. The number of amides is 2. The van der Waals surface area contributed by atoms with Crippen molar-refractivity contribution < 1.29 is 9.59 Å². The maximum absolute atomic E-state index is 12.7.